The maximum absolute atomic E-state index is 10.2. The van der Waals surface area contributed by atoms with E-state index in [4.69, 9.17) is 14.2 Å². The SMILES string of the molecule is OC[C@H]1OC(c2ccc(OCC3CCOCC3)cc2)[C@@H](O)[C@@H](O)[C@@H]1O. The molecule has 7 heteroatoms. The summed E-state index contributed by atoms with van der Waals surface area (Å²) in [5, 5.41) is 39.1. The van der Waals surface area contributed by atoms with E-state index in [9.17, 15) is 20.4 Å². The van der Waals surface area contributed by atoms with Crippen LogP contribution in [0, 0.1) is 5.92 Å². The Hall–Kier alpha value is -1.22. The van der Waals surface area contributed by atoms with Crippen LogP contribution in [0.5, 0.6) is 5.75 Å². The van der Waals surface area contributed by atoms with Gasteiger partial charge in [-0.3, -0.25) is 0 Å². The van der Waals surface area contributed by atoms with Gasteiger partial charge in [-0.1, -0.05) is 12.1 Å². The number of rotatable bonds is 5. The second-order valence-electron chi connectivity index (χ2n) is 6.69. The molecule has 0 aliphatic carbocycles. The molecule has 7 nitrogen and oxygen atoms in total. The Kier molecular flexibility index (Phi) is 6.27. The Labute approximate surface area is 146 Å². The summed E-state index contributed by atoms with van der Waals surface area (Å²) in [7, 11) is 0. The quantitative estimate of drug-likeness (QED) is 0.590. The summed E-state index contributed by atoms with van der Waals surface area (Å²) >= 11 is 0. The Morgan fingerprint density at radius 1 is 0.960 bits per heavy atom. The molecule has 2 aliphatic heterocycles. The molecule has 0 aromatic heterocycles. The monoisotopic (exact) mass is 354 g/mol. The smallest absolute Gasteiger partial charge is 0.119 e. The van der Waals surface area contributed by atoms with Gasteiger partial charge < -0.3 is 34.6 Å². The van der Waals surface area contributed by atoms with E-state index in [2.05, 4.69) is 0 Å². The number of aliphatic hydroxyl groups excluding tert-OH is 4. The zero-order chi connectivity index (χ0) is 17.8. The van der Waals surface area contributed by atoms with Gasteiger partial charge >= 0.3 is 0 Å². The maximum atomic E-state index is 10.2. The van der Waals surface area contributed by atoms with Crippen LogP contribution >= 0.6 is 0 Å². The van der Waals surface area contributed by atoms with E-state index < -0.39 is 37.1 Å². The highest BCUT2D eigenvalue weighted by atomic mass is 16.5. The molecular weight excluding hydrogens is 328 g/mol. The molecular formula is C18H26O7. The minimum atomic E-state index is -1.37. The number of ether oxygens (including phenoxy) is 3. The van der Waals surface area contributed by atoms with Gasteiger partial charge in [-0.05, 0) is 36.5 Å². The van der Waals surface area contributed by atoms with Crippen molar-refractivity contribution in [1.29, 1.82) is 0 Å². The molecule has 4 N–H and O–H groups in total. The number of aliphatic hydroxyl groups is 4. The van der Waals surface area contributed by atoms with Gasteiger partial charge in [0.05, 0.1) is 13.2 Å². The van der Waals surface area contributed by atoms with Gasteiger partial charge in [0.15, 0.2) is 0 Å². The van der Waals surface area contributed by atoms with Crippen molar-refractivity contribution in [3.8, 4) is 5.75 Å². The third kappa shape index (κ3) is 4.31. The Balaban J connectivity index is 1.61. The first-order chi connectivity index (χ1) is 12.1. The van der Waals surface area contributed by atoms with Gasteiger partial charge in [0.2, 0.25) is 0 Å². The molecule has 1 aromatic rings. The Bertz CT molecular complexity index is 527. The van der Waals surface area contributed by atoms with Crippen LogP contribution in [-0.4, -0.2) is 71.3 Å². The standard InChI is InChI=1S/C18H26O7/c19-9-14-15(20)16(21)17(22)18(25-14)12-1-3-13(4-2-12)24-10-11-5-7-23-8-6-11/h1-4,11,14-22H,5-10H2/t14-,15-,16+,17+,18?/m1/s1. The average Bonchev–Trinajstić information content (AvgIpc) is 2.66. The minimum Gasteiger partial charge on any atom is -0.493 e. The van der Waals surface area contributed by atoms with E-state index >= 15 is 0 Å². The van der Waals surface area contributed by atoms with Gasteiger partial charge in [-0.15, -0.1) is 0 Å². The zero-order valence-corrected chi connectivity index (χ0v) is 14.0. The molecule has 0 radical (unpaired) electrons. The summed E-state index contributed by atoms with van der Waals surface area (Å²) in [5.41, 5.74) is 0.648. The number of hydrogen-bond acceptors (Lipinski definition) is 7. The summed E-state index contributed by atoms with van der Waals surface area (Å²) in [6.07, 6.45) is -3.72. The normalized spacial score (nSPS) is 34.0. The average molecular weight is 354 g/mol. The zero-order valence-electron chi connectivity index (χ0n) is 14.0. The lowest BCUT2D eigenvalue weighted by Crippen LogP contribution is -2.55. The van der Waals surface area contributed by atoms with Crippen LogP contribution in [0.1, 0.15) is 24.5 Å². The van der Waals surface area contributed by atoms with Crippen molar-refractivity contribution in [2.75, 3.05) is 26.4 Å². The van der Waals surface area contributed by atoms with E-state index in [1.54, 1.807) is 24.3 Å². The van der Waals surface area contributed by atoms with Crippen LogP contribution in [0.15, 0.2) is 24.3 Å². The molecule has 1 aromatic carbocycles. The first-order valence-corrected chi connectivity index (χ1v) is 8.71. The van der Waals surface area contributed by atoms with Gasteiger partial charge in [-0.2, -0.15) is 0 Å². The van der Waals surface area contributed by atoms with Crippen LogP contribution in [-0.2, 0) is 9.47 Å². The molecule has 0 amide bonds. The van der Waals surface area contributed by atoms with Gasteiger partial charge in [-0.25, -0.2) is 0 Å². The number of hydrogen-bond donors (Lipinski definition) is 4. The van der Waals surface area contributed by atoms with Crippen molar-refractivity contribution in [2.24, 2.45) is 5.92 Å². The van der Waals surface area contributed by atoms with E-state index in [1.165, 1.54) is 0 Å². The Morgan fingerprint density at radius 3 is 2.28 bits per heavy atom. The summed E-state index contributed by atoms with van der Waals surface area (Å²) in [4.78, 5) is 0. The van der Waals surface area contributed by atoms with E-state index in [0.29, 0.717) is 18.1 Å². The molecule has 5 atom stereocenters. The van der Waals surface area contributed by atoms with Gasteiger partial charge in [0, 0.05) is 13.2 Å². The molecule has 3 rings (SSSR count). The summed E-state index contributed by atoms with van der Waals surface area (Å²) < 4.78 is 16.7. The van der Waals surface area contributed by atoms with Crippen molar-refractivity contribution in [3.05, 3.63) is 29.8 Å². The van der Waals surface area contributed by atoms with E-state index in [0.717, 1.165) is 31.8 Å². The van der Waals surface area contributed by atoms with Crippen LogP contribution in [0.4, 0.5) is 0 Å². The predicted octanol–water partition coefficient (Wildman–Crippen LogP) is 0.00690. The summed E-state index contributed by atoms with van der Waals surface area (Å²) in [6.45, 7) is 1.77. The number of benzene rings is 1. The maximum Gasteiger partial charge on any atom is 0.119 e. The van der Waals surface area contributed by atoms with E-state index in [1.807, 2.05) is 0 Å². The lowest BCUT2D eigenvalue weighted by atomic mass is 9.91. The lowest BCUT2D eigenvalue weighted by Gasteiger charge is -2.40. The first-order valence-electron chi connectivity index (χ1n) is 8.71. The van der Waals surface area contributed by atoms with Crippen LogP contribution < -0.4 is 4.74 Å². The van der Waals surface area contributed by atoms with Crippen LogP contribution in [0.2, 0.25) is 0 Å². The second kappa shape index (κ2) is 8.44. The molecule has 140 valence electrons. The summed E-state index contributed by atoms with van der Waals surface area (Å²) in [5.74, 6) is 1.22. The topological polar surface area (TPSA) is 109 Å². The molecule has 2 fully saturated rings. The predicted molar refractivity (Wildman–Crippen MR) is 88.2 cm³/mol. The van der Waals surface area contributed by atoms with Crippen molar-refractivity contribution in [1.82, 2.24) is 0 Å². The van der Waals surface area contributed by atoms with Crippen molar-refractivity contribution in [3.63, 3.8) is 0 Å². The van der Waals surface area contributed by atoms with Gasteiger partial charge in [0.25, 0.3) is 0 Å². The lowest BCUT2D eigenvalue weighted by molar-refractivity contribution is -0.231. The van der Waals surface area contributed by atoms with Crippen LogP contribution in [0.25, 0.3) is 0 Å². The molecule has 0 spiro atoms. The molecule has 1 unspecified atom stereocenters. The van der Waals surface area contributed by atoms with Crippen LogP contribution in [0.3, 0.4) is 0 Å². The molecule has 2 heterocycles. The van der Waals surface area contributed by atoms with Crippen molar-refractivity contribution >= 4 is 0 Å². The third-order valence-electron chi connectivity index (χ3n) is 4.93. The molecule has 2 aliphatic rings. The first kappa shape index (κ1) is 18.6. The highest BCUT2D eigenvalue weighted by molar-refractivity contribution is 5.29. The fourth-order valence-electron chi connectivity index (χ4n) is 3.26. The second-order valence-corrected chi connectivity index (χ2v) is 6.69. The largest absolute Gasteiger partial charge is 0.493 e. The van der Waals surface area contributed by atoms with Crippen molar-refractivity contribution < 1.29 is 34.6 Å². The fraction of sp³-hybridized carbons (Fsp3) is 0.667. The molecule has 2 saturated heterocycles. The van der Waals surface area contributed by atoms with E-state index in [-0.39, 0.29) is 0 Å². The fourth-order valence-corrected chi connectivity index (χ4v) is 3.26. The molecule has 0 bridgehead atoms. The third-order valence-corrected chi connectivity index (χ3v) is 4.93. The molecule has 0 saturated carbocycles. The van der Waals surface area contributed by atoms with Gasteiger partial charge in [0.1, 0.15) is 36.3 Å². The summed E-state index contributed by atoms with van der Waals surface area (Å²) in [6, 6.07) is 7.09. The highest BCUT2D eigenvalue weighted by Crippen LogP contribution is 2.33. The minimum absolute atomic E-state index is 0.437. The highest BCUT2D eigenvalue weighted by Gasteiger charge is 2.43. The molecule has 25 heavy (non-hydrogen) atoms. The Morgan fingerprint density at radius 2 is 1.64 bits per heavy atom. The van der Waals surface area contributed by atoms with Crippen molar-refractivity contribution in [2.45, 2.75) is 43.4 Å².